The first-order valence-corrected chi connectivity index (χ1v) is 5.61. The Balaban J connectivity index is 2.29. The molecular formula is C11H14BrNO. The smallest absolute Gasteiger partial charge is 0.0749 e. The molecule has 2 rings (SSSR count). The van der Waals surface area contributed by atoms with E-state index >= 15 is 0 Å². The number of benzene rings is 1. The Morgan fingerprint density at radius 2 is 2.29 bits per heavy atom. The molecule has 0 bridgehead atoms. The zero-order chi connectivity index (χ0) is 10.1. The summed E-state index contributed by atoms with van der Waals surface area (Å²) < 4.78 is 1.07. The van der Waals surface area contributed by atoms with Crippen LogP contribution >= 0.6 is 15.9 Å². The van der Waals surface area contributed by atoms with Crippen molar-refractivity contribution in [1.82, 2.24) is 4.90 Å². The highest BCUT2D eigenvalue weighted by molar-refractivity contribution is 9.10. The summed E-state index contributed by atoms with van der Waals surface area (Å²) in [5, 5.41) is 9.85. The first kappa shape index (κ1) is 10.1. The fraction of sp³-hybridized carbons (Fsp3) is 0.455. The van der Waals surface area contributed by atoms with E-state index in [1.165, 1.54) is 5.56 Å². The average Bonchev–Trinajstić information content (AvgIpc) is 2.46. The Hall–Kier alpha value is -0.380. The van der Waals surface area contributed by atoms with E-state index < -0.39 is 0 Å². The summed E-state index contributed by atoms with van der Waals surface area (Å²) in [6.07, 6.45) is 0.641. The first-order chi connectivity index (χ1) is 6.68. The topological polar surface area (TPSA) is 23.5 Å². The van der Waals surface area contributed by atoms with E-state index in [0.717, 1.165) is 17.4 Å². The first-order valence-electron chi connectivity index (χ1n) is 4.82. The van der Waals surface area contributed by atoms with E-state index in [9.17, 15) is 5.11 Å². The Kier molecular flexibility index (Phi) is 2.91. The van der Waals surface area contributed by atoms with Gasteiger partial charge in [0, 0.05) is 11.0 Å². The monoisotopic (exact) mass is 255 g/mol. The van der Waals surface area contributed by atoms with Crippen molar-refractivity contribution >= 4 is 15.9 Å². The maximum absolute atomic E-state index is 9.85. The second-order valence-electron chi connectivity index (χ2n) is 3.84. The van der Waals surface area contributed by atoms with Gasteiger partial charge in [0.05, 0.1) is 12.1 Å². The van der Waals surface area contributed by atoms with Gasteiger partial charge in [-0.1, -0.05) is 28.1 Å². The lowest BCUT2D eigenvalue weighted by molar-refractivity contribution is 0.127. The molecule has 0 saturated carbocycles. The number of halogens is 1. The quantitative estimate of drug-likeness (QED) is 0.832. The fourth-order valence-electron chi connectivity index (χ4n) is 2.09. The van der Waals surface area contributed by atoms with Crippen LogP contribution in [0.2, 0.25) is 0 Å². The van der Waals surface area contributed by atoms with Gasteiger partial charge in [-0.3, -0.25) is 4.90 Å². The van der Waals surface area contributed by atoms with Crippen molar-refractivity contribution in [2.24, 2.45) is 0 Å². The number of hydrogen-bond acceptors (Lipinski definition) is 2. The van der Waals surface area contributed by atoms with Crippen LogP contribution in [0.4, 0.5) is 0 Å². The highest BCUT2D eigenvalue weighted by Gasteiger charge is 2.31. The maximum Gasteiger partial charge on any atom is 0.0749 e. The molecule has 1 heterocycles. The van der Waals surface area contributed by atoms with E-state index in [4.69, 9.17) is 0 Å². The van der Waals surface area contributed by atoms with Crippen LogP contribution in [0.5, 0.6) is 0 Å². The van der Waals surface area contributed by atoms with Crippen LogP contribution < -0.4 is 0 Å². The summed E-state index contributed by atoms with van der Waals surface area (Å²) >= 11 is 3.45. The molecule has 0 radical (unpaired) electrons. The van der Waals surface area contributed by atoms with E-state index in [1.54, 1.807) is 0 Å². The number of likely N-dealkylation sites (N-methyl/N-ethyl adjacent to an activating group) is 1. The number of rotatable bonds is 1. The third kappa shape index (κ3) is 1.85. The fourth-order valence-corrected chi connectivity index (χ4v) is 2.51. The van der Waals surface area contributed by atoms with Gasteiger partial charge in [-0.25, -0.2) is 0 Å². The zero-order valence-corrected chi connectivity index (χ0v) is 9.74. The summed E-state index contributed by atoms with van der Waals surface area (Å²) in [5.41, 5.74) is 1.19. The number of likely N-dealkylation sites (tertiary alicyclic amines) is 1. The SMILES string of the molecule is CN1CCC(O)C1c1cccc(Br)c1. The third-order valence-corrected chi connectivity index (χ3v) is 3.30. The van der Waals surface area contributed by atoms with Crippen LogP contribution in [0.25, 0.3) is 0 Å². The van der Waals surface area contributed by atoms with Crippen LogP contribution in [0, 0.1) is 0 Å². The van der Waals surface area contributed by atoms with E-state index in [2.05, 4.69) is 40.0 Å². The molecule has 2 unspecified atom stereocenters. The van der Waals surface area contributed by atoms with Gasteiger partial charge >= 0.3 is 0 Å². The second-order valence-corrected chi connectivity index (χ2v) is 4.75. The predicted octanol–water partition coefficient (Wildman–Crippen LogP) is 2.19. The molecule has 0 amide bonds. The van der Waals surface area contributed by atoms with Crippen LogP contribution in [-0.4, -0.2) is 29.7 Å². The predicted molar refractivity (Wildman–Crippen MR) is 60.1 cm³/mol. The maximum atomic E-state index is 9.85. The Morgan fingerprint density at radius 3 is 2.86 bits per heavy atom. The van der Waals surface area contributed by atoms with Gasteiger partial charge in [-0.15, -0.1) is 0 Å². The average molecular weight is 256 g/mol. The lowest BCUT2D eigenvalue weighted by atomic mass is 10.0. The van der Waals surface area contributed by atoms with E-state index in [1.807, 2.05) is 12.1 Å². The van der Waals surface area contributed by atoms with Gasteiger partial charge in [-0.2, -0.15) is 0 Å². The normalized spacial score (nSPS) is 28.2. The molecular weight excluding hydrogens is 242 g/mol. The highest BCUT2D eigenvalue weighted by Crippen LogP contribution is 2.31. The molecule has 1 aromatic carbocycles. The molecule has 76 valence electrons. The third-order valence-electron chi connectivity index (χ3n) is 2.81. The van der Waals surface area contributed by atoms with Crippen molar-refractivity contribution in [3.05, 3.63) is 34.3 Å². The standard InChI is InChI=1S/C11H14BrNO/c1-13-6-5-10(14)11(13)8-3-2-4-9(12)7-8/h2-4,7,10-11,14H,5-6H2,1H3. The van der Waals surface area contributed by atoms with Gasteiger partial charge in [0.2, 0.25) is 0 Å². The molecule has 1 aliphatic rings. The van der Waals surface area contributed by atoms with Gasteiger partial charge in [0.25, 0.3) is 0 Å². The van der Waals surface area contributed by atoms with Crippen molar-refractivity contribution in [3.8, 4) is 0 Å². The van der Waals surface area contributed by atoms with Crippen molar-refractivity contribution < 1.29 is 5.11 Å². The molecule has 2 atom stereocenters. The van der Waals surface area contributed by atoms with Crippen molar-refractivity contribution in [2.45, 2.75) is 18.6 Å². The molecule has 1 saturated heterocycles. The summed E-state index contributed by atoms with van der Waals surface area (Å²) in [6, 6.07) is 8.33. The molecule has 2 nitrogen and oxygen atoms in total. The molecule has 14 heavy (non-hydrogen) atoms. The van der Waals surface area contributed by atoms with E-state index in [0.29, 0.717) is 0 Å². The second kappa shape index (κ2) is 4.01. The zero-order valence-electron chi connectivity index (χ0n) is 8.15. The molecule has 0 aliphatic carbocycles. The number of nitrogens with zero attached hydrogens (tertiary/aromatic N) is 1. The number of hydrogen-bond donors (Lipinski definition) is 1. The minimum atomic E-state index is -0.228. The molecule has 1 fully saturated rings. The van der Waals surface area contributed by atoms with Crippen LogP contribution in [-0.2, 0) is 0 Å². The van der Waals surface area contributed by atoms with Crippen molar-refractivity contribution in [1.29, 1.82) is 0 Å². The Morgan fingerprint density at radius 1 is 1.50 bits per heavy atom. The molecule has 1 aromatic rings. The molecule has 1 aliphatic heterocycles. The molecule has 0 aromatic heterocycles. The Labute approximate surface area is 92.7 Å². The summed E-state index contributed by atoms with van der Waals surface area (Å²) in [6.45, 7) is 0.971. The van der Waals surface area contributed by atoms with Gasteiger partial charge in [-0.05, 0) is 31.2 Å². The summed E-state index contributed by atoms with van der Waals surface area (Å²) in [7, 11) is 2.06. The van der Waals surface area contributed by atoms with Crippen molar-refractivity contribution in [3.63, 3.8) is 0 Å². The Bertz CT molecular complexity index is 319. The lowest BCUT2D eigenvalue weighted by Gasteiger charge is -2.22. The van der Waals surface area contributed by atoms with E-state index in [-0.39, 0.29) is 12.1 Å². The lowest BCUT2D eigenvalue weighted by Crippen LogP contribution is -2.23. The highest BCUT2D eigenvalue weighted by atomic mass is 79.9. The largest absolute Gasteiger partial charge is 0.391 e. The van der Waals surface area contributed by atoms with Gasteiger partial charge < -0.3 is 5.11 Å². The molecule has 3 heteroatoms. The van der Waals surface area contributed by atoms with Crippen LogP contribution in [0.3, 0.4) is 0 Å². The van der Waals surface area contributed by atoms with Crippen LogP contribution in [0.1, 0.15) is 18.0 Å². The molecule has 1 N–H and O–H groups in total. The number of aliphatic hydroxyl groups is 1. The minimum absolute atomic E-state index is 0.160. The summed E-state index contributed by atoms with van der Waals surface area (Å²) in [5.74, 6) is 0. The van der Waals surface area contributed by atoms with Crippen molar-refractivity contribution in [2.75, 3.05) is 13.6 Å². The molecule has 0 spiro atoms. The summed E-state index contributed by atoms with van der Waals surface area (Å²) in [4.78, 5) is 2.20. The van der Waals surface area contributed by atoms with Gasteiger partial charge in [0.15, 0.2) is 0 Å². The minimum Gasteiger partial charge on any atom is -0.391 e. The van der Waals surface area contributed by atoms with Gasteiger partial charge in [0.1, 0.15) is 0 Å². The van der Waals surface area contributed by atoms with Crippen LogP contribution in [0.15, 0.2) is 28.7 Å². The number of aliphatic hydroxyl groups excluding tert-OH is 1.